The Kier molecular flexibility index (Phi) is 8.31. The first-order valence-corrected chi connectivity index (χ1v) is 13.9. The molecule has 1 fully saturated rings. The van der Waals surface area contributed by atoms with Crippen molar-refractivity contribution in [2.45, 2.75) is 39.0 Å². The lowest BCUT2D eigenvalue weighted by molar-refractivity contribution is 0.290. The van der Waals surface area contributed by atoms with Crippen LogP contribution in [0.25, 0.3) is 21.9 Å². The number of benzene rings is 4. The van der Waals surface area contributed by atoms with Crippen molar-refractivity contribution in [1.82, 2.24) is 0 Å². The zero-order valence-electron chi connectivity index (χ0n) is 22.4. The number of fused-ring (bicyclic) bond motifs is 1. The van der Waals surface area contributed by atoms with Crippen LogP contribution in [0.4, 0.5) is 0 Å². The molecule has 0 unspecified atom stereocenters. The molecular weight excluding hydrogens is 460 g/mol. The van der Waals surface area contributed by atoms with E-state index in [-0.39, 0.29) is 0 Å². The second kappa shape index (κ2) is 12.2. The van der Waals surface area contributed by atoms with E-state index in [1.54, 1.807) is 0 Å². The van der Waals surface area contributed by atoms with Crippen molar-refractivity contribution >= 4 is 27.6 Å². The zero-order valence-corrected chi connectivity index (χ0v) is 22.4. The monoisotopic (exact) mass is 498 g/mol. The van der Waals surface area contributed by atoms with Gasteiger partial charge in [0.15, 0.2) is 0 Å². The molecule has 2 heteroatoms. The molecular formula is C36H38N2. The van der Waals surface area contributed by atoms with E-state index < -0.39 is 0 Å². The molecule has 192 valence electrons. The van der Waals surface area contributed by atoms with Gasteiger partial charge in [-0.3, -0.25) is 4.99 Å². The van der Waals surface area contributed by atoms with E-state index in [1.165, 1.54) is 46.0 Å². The van der Waals surface area contributed by atoms with Crippen LogP contribution in [0, 0.1) is 11.8 Å². The molecule has 0 bridgehead atoms. The molecule has 0 aliphatic heterocycles. The minimum atomic E-state index is 0.379. The highest BCUT2D eigenvalue weighted by atomic mass is 14.8. The largest absolute Gasteiger partial charge is 0.330 e. The van der Waals surface area contributed by atoms with Crippen LogP contribution in [-0.4, -0.2) is 12.3 Å². The molecule has 2 N–H and O–H groups in total. The summed E-state index contributed by atoms with van der Waals surface area (Å²) in [5.41, 5.74) is 13.8. The molecule has 4 aromatic rings. The van der Waals surface area contributed by atoms with Gasteiger partial charge in [0, 0.05) is 17.2 Å². The molecule has 38 heavy (non-hydrogen) atoms. The molecule has 1 aliphatic rings. The molecule has 0 spiro atoms. The number of hydrogen-bond acceptors (Lipinski definition) is 2. The van der Waals surface area contributed by atoms with Gasteiger partial charge in [-0.2, -0.15) is 0 Å². The molecule has 1 aliphatic carbocycles. The predicted octanol–water partition coefficient (Wildman–Crippen LogP) is 8.93. The first-order valence-electron chi connectivity index (χ1n) is 13.9. The predicted molar refractivity (Wildman–Crippen MR) is 164 cm³/mol. The van der Waals surface area contributed by atoms with Gasteiger partial charge in [0.1, 0.15) is 0 Å². The Bertz CT molecular complexity index is 1430. The summed E-state index contributed by atoms with van der Waals surface area (Å²) in [5.74, 6) is 1.10. The lowest BCUT2D eigenvalue weighted by Crippen LogP contribution is -2.19. The lowest BCUT2D eigenvalue weighted by atomic mass is 9.76. The minimum absolute atomic E-state index is 0.379. The van der Waals surface area contributed by atoms with Gasteiger partial charge in [-0.25, -0.2) is 0 Å². The van der Waals surface area contributed by atoms with E-state index in [0.29, 0.717) is 5.92 Å². The van der Waals surface area contributed by atoms with E-state index in [1.807, 2.05) is 0 Å². The summed E-state index contributed by atoms with van der Waals surface area (Å²) in [4.78, 5) is 5.46. The van der Waals surface area contributed by atoms with E-state index in [9.17, 15) is 0 Å². The van der Waals surface area contributed by atoms with Crippen LogP contribution in [0.15, 0.2) is 120 Å². The number of nitrogens with two attached hydrogens (primary N) is 1. The Balaban J connectivity index is 1.70. The summed E-state index contributed by atoms with van der Waals surface area (Å²) in [6, 6.07) is 36.4. The Hall–Kier alpha value is -3.75. The fraction of sp³-hybridized carbons (Fsp3) is 0.250. The Morgan fingerprint density at radius 3 is 2.05 bits per heavy atom. The van der Waals surface area contributed by atoms with Gasteiger partial charge in [-0.05, 0) is 84.5 Å². The lowest BCUT2D eigenvalue weighted by Gasteiger charge is -2.31. The van der Waals surface area contributed by atoms with Gasteiger partial charge < -0.3 is 5.73 Å². The Morgan fingerprint density at radius 2 is 1.37 bits per heavy atom. The van der Waals surface area contributed by atoms with Gasteiger partial charge in [0.2, 0.25) is 0 Å². The number of aliphatic imine (C=N–C) groups is 1. The molecule has 0 aromatic heterocycles. The van der Waals surface area contributed by atoms with E-state index in [4.69, 9.17) is 17.3 Å². The molecule has 0 amide bonds. The summed E-state index contributed by atoms with van der Waals surface area (Å²) >= 11 is 0. The highest BCUT2D eigenvalue weighted by molar-refractivity contribution is 6.11. The molecule has 0 radical (unpaired) electrons. The normalized spacial score (nSPS) is 18.7. The topological polar surface area (TPSA) is 38.4 Å². The van der Waals surface area contributed by atoms with Crippen LogP contribution in [0.2, 0.25) is 0 Å². The van der Waals surface area contributed by atoms with Crippen LogP contribution >= 0.6 is 0 Å². The number of nitrogens with zero attached hydrogens (tertiary/aromatic N) is 1. The first-order chi connectivity index (χ1) is 18.7. The van der Waals surface area contributed by atoms with Crippen molar-refractivity contribution in [2.24, 2.45) is 22.6 Å². The Labute approximate surface area is 227 Å². The van der Waals surface area contributed by atoms with E-state index >= 15 is 0 Å². The van der Waals surface area contributed by atoms with Gasteiger partial charge in [-0.15, -0.1) is 0 Å². The van der Waals surface area contributed by atoms with Crippen molar-refractivity contribution in [2.75, 3.05) is 6.54 Å². The zero-order chi connectivity index (χ0) is 26.3. The van der Waals surface area contributed by atoms with Crippen LogP contribution in [-0.2, 0) is 0 Å². The van der Waals surface area contributed by atoms with Crippen molar-refractivity contribution in [3.05, 3.63) is 132 Å². The van der Waals surface area contributed by atoms with Gasteiger partial charge in [0.05, 0.1) is 5.70 Å². The maximum atomic E-state index is 5.92. The van der Waals surface area contributed by atoms with Crippen molar-refractivity contribution in [1.29, 1.82) is 0 Å². The number of allylic oxidation sites excluding steroid dienone is 3. The maximum Gasteiger partial charge on any atom is 0.0522 e. The minimum Gasteiger partial charge on any atom is -0.330 e. The fourth-order valence-electron chi connectivity index (χ4n) is 5.94. The van der Waals surface area contributed by atoms with Gasteiger partial charge in [-0.1, -0.05) is 110 Å². The maximum absolute atomic E-state index is 5.92. The number of rotatable bonds is 8. The molecule has 0 atom stereocenters. The Morgan fingerprint density at radius 1 is 0.763 bits per heavy atom. The fourth-order valence-corrected chi connectivity index (χ4v) is 5.94. The third kappa shape index (κ3) is 5.71. The average molecular weight is 499 g/mol. The van der Waals surface area contributed by atoms with Gasteiger partial charge >= 0.3 is 0 Å². The molecule has 4 aromatic carbocycles. The summed E-state index contributed by atoms with van der Waals surface area (Å²) in [5, 5.41) is 2.45. The SMILES string of the molecule is C=C(/C(=C(\N=C(/C)c1ccccc1)C1CCC(CCN)CC1)c1ccccc1)c1cccc2ccccc12. The smallest absolute Gasteiger partial charge is 0.0522 e. The summed E-state index contributed by atoms with van der Waals surface area (Å²) in [6.07, 6.45) is 5.78. The van der Waals surface area contributed by atoms with Gasteiger partial charge in [0.25, 0.3) is 0 Å². The molecule has 2 nitrogen and oxygen atoms in total. The summed E-state index contributed by atoms with van der Waals surface area (Å²) in [6.45, 7) is 7.66. The van der Waals surface area contributed by atoms with Crippen molar-refractivity contribution < 1.29 is 0 Å². The number of hydrogen-bond donors (Lipinski definition) is 1. The second-order valence-corrected chi connectivity index (χ2v) is 10.5. The van der Waals surface area contributed by atoms with Crippen LogP contribution in [0.1, 0.15) is 55.7 Å². The molecule has 1 saturated carbocycles. The van der Waals surface area contributed by atoms with E-state index in [0.717, 1.165) is 48.6 Å². The van der Waals surface area contributed by atoms with Crippen molar-refractivity contribution in [3.8, 4) is 0 Å². The highest BCUT2D eigenvalue weighted by Crippen LogP contribution is 2.43. The van der Waals surface area contributed by atoms with Crippen LogP contribution in [0.3, 0.4) is 0 Å². The third-order valence-electron chi connectivity index (χ3n) is 8.02. The molecule has 0 saturated heterocycles. The quantitative estimate of drug-likeness (QED) is 0.191. The van der Waals surface area contributed by atoms with Crippen LogP contribution < -0.4 is 5.73 Å². The average Bonchev–Trinajstić information content (AvgIpc) is 2.98. The summed E-state index contributed by atoms with van der Waals surface area (Å²) in [7, 11) is 0. The third-order valence-corrected chi connectivity index (χ3v) is 8.02. The summed E-state index contributed by atoms with van der Waals surface area (Å²) < 4.78 is 0. The van der Waals surface area contributed by atoms with E-state index in [2.05, 4.69) is 110 Å². The highest BCUT2D eigenvalue weighted by Gasteiger charge is 2.27. The molecule has 0 heterocycles. The van der Waals surface area contributed by atoms with Crippen LogP contribution in [0.5, 0.6) is 0 Å². The second-order valence-electron chi connectivity index (χ2n) is 10.5. The standard InChI is InChI=1S/C36H38N2/c1-26(33-19-11-17-30-14-9-10-18-34(30)33)35(31-15-7-4-8-16-31)36(32-22-20-28(21-23-32)24-25-37)38-27(2)29-12-5-3-6-13-29/h3-19,28,32H,1,20-25,37H2,2H3/b36-35+,38-27+. The first kappa shape index (κ1) is 25.9. The molecule has 5 rings (SSSR count). The van der Waals surface area contributed by atoms with Crippen molar-refractivity contribution in [3.63, 3.8) is 0 Å².